The third kappa shape index (κ3) is 1.76. The van der Waals surface area contributed by atoms with Gasteiger partial charge in [0.05, 0.1) is 24.8 Å². The van der Waals surface area contributed by atoms with Gasteiger partial charge in [0.2, 0.25) is 5.95 Å². The first-order chi connectivity index (χ1) is 8.79. The average molecular weight is 248 g/mol. The van der Waals surface area contributed by atoms with Crippen LogP contribution < -0.4 is 10.6 Å². The molecule has 0 atom stereocenters. The summed E-state index contributed by atoms with van der Waals surface area (Å²) in [6.45, 7) is 5.79. The van der Waals surface area contributed by atoms with E-state index >= 15 is 0 Å². The van der Waals surface area contributed by atoms with Gasteiger partial charge in [-0.05, 0) is 6.92 Å². The van der Waals surface area contributed by atoms with Gasteiger partial charge >= 0.3 is 0 Å². The topological polar surface area (TPSA) is 82.1 Å². The number of nitrogens with zero attached hydrogens (tertiary/aromatic N) is 5. The molecule has 0 unspecified atom stereocenters. The molecular weight excluding hydrogens is 232 g/mol. The summed E-state index contributed by atoms with van der Waals surface area (Å²) in [6.07, 6.45) is 1.72. The van der Waals surface area contributed by atoms with Crippen molar-refractivity contribution in [3.05, 3.63) is 6.20 Å². The van der Waals surface area contributed by atoms with E-state index in [1.807, 2.05) is 11.6 Å². The predicted molar refractivity (Wildman–Crippen MR) is 68.4 cm³/mol. The molecular formula is C11H16N6O. The Balaban J connectivity index is 2.06. The Bertz CT molecular complexity index is 560. The molecule has 0 bridgehead atoms. The molecule has 2 aromatic heterocycles. The van der Waals surface area contributed by atoms with Crippen molar-refractivity contribution < 1.29 is 4.74 Å². The number of fused-ring (bicyclic) bond motifs is 1. The van der Waals surface area contributed by atoms with Crippen molar-refractivity contribution >= 4 is 22.8 Å². The first-order valence-electron chi connectivity index (χ1n) is 6.11. The molecule has 1 aliphatic heterocycles. The molecule has 0 radical (unpaired) electrons. The summed E-state index contributed by atoms with van der Waals surface area (Å²) in [6, 6.07) is 0. The molecule has 0 aliphatic carbocycles. The molecule has 1 fully saturated rings. The zero-order valence-corrected chi connectivity index (χ0v) is 10.3. The van der Waals surface area contributed by atoms with E-state index in [0.29, 0.717) is 25.0 Å². The summed E-state index contributed by atoms with van der Waals surface area (Å²) in [5.41, 5.74) is 6.77. The van der Waals surface area contributed by atoms with Gasteiger partial charge in [-0.1, -0.05) is 0 Å². The second kappa shape index (κ2) is 4.41. The fraction of sp³-hybridized carbons (Fsp3) is 0.545. The van der Waals surface area contributed by atoms with Crippen LogP contribution in [-0.4, -0.2) is 46.1 Å². The van der Waals surface area contributed by atoms with Crippen LogP contribution in [0.1, 0.15) is 6.92 Å². The van der Waals surface area contributed by atoms with Crippen molar-refractivity contribution in [2.45, 2.75) is 13.5 Å². The first-order valence-corrected chi connectivity index (χ1v) is 6.11. The number of aromatic nitrogens is 4. The number of morpholine rings is 1. The molecule has 18 heavy (non-hydrogen) atoms. The molecule has 96 valence electrons. The third-order valence-electron chi connectivity index (χ3n) is 3.11. The van der Waals surface area contributed by atoms with Gasteiger partial charge < -0.3 is 15.4 Å². The van der Waals surface area contributed by atoms with Crippen molar-refractivity contribution in [3.8, 4) is 0 Å². The quantitative estimate of drug-likeness (QED) is 0.821. The Morgan fingerprint density at radius 2 is 2.11 bits per heavy atom. The number of nitrogens with two attached hydrogens (primary N) is 1. The van der Waals surface area contributed by atoms with E-state index in [-0.39, 0.29) is 0 Å². The summed E-state index contributed by atoms with van der Waals surface area (Å²) in [5, 5.41) is 5.07. The molecule has 2 N–H and O–H groups in total. The Morgan fingerprint density at radius 3 is 2.83 bits per heavy atom. The van der Waals surface area contributed by atoms with Gasteiger partial charge in [-0.3, -0.25) is 0 Å². The number of rotatable bonds is 2. The second-order valence-corrected chi connectivity index (χ2v) is 4.21. The minimum atomic E-state index is 0.487. The van der Waals surface area contributed by atoms with E-state index in [9.17, 15) is 0 Å². The van der Waals surface area contributed by atoms with Crippen LogP contribution in [0.5, 0.6) is 0 Å². The number of ether oxygens (including phenoxy) is 1. The van der Waals surface area contributed by atoms with Crippen LogP contribution in [0, 0.1) is 0 Å². The monoisotopic (exact) mass is 248 g/mol. The van der Waals surface area contributed by atoms with E-state index in [2.05, 4.69) is 20.0 Å². The van der Waals surface area contributed by atoms with Crippen LogP contribution in [-0.2, 0) is 11.3 Å². The predicted octanol–water partition coefficient (Wildman–Crippen LogP) is 0.265. The fourth-order valence-corrected chi connectivity index (χ4v) is 2.10. The van der Waals surface area contributed by atoms with Crippen LogP contribution in [0.15, 0.2) is 6.20 Å². The number of anilines is 2. The molecule has 2 aromatic rings. The highest BCUT2D eigenvalue weighted by atomic mass is 16.5. The SMILES string of the molecule is CCn1ncc2c(N)nc(N3CCOCC3)nc21. The van der Waals surface area contributed by atoms with Crippen LogP contribution in [0.4, 0.5) is 11.8 Å². The lowest BCUT2D eigenvalue weighted by Crippen LogP contribution is -2.37. The van der Waals surface area contributed by atoms with E-state index in [4.69, 9.17) is 10.5 Å². The van der Waals surface area contributed by atoms with Gasteiger partial charge in [0, 0.05) is 19.6 Å². The van der Waals surface area contributed by atoms with Crippen molar-refractivity contribution in [2.24, 2.45) is 0 Å². The fourth-order valence-electron chi connectivity index (χ4n) is 2.10. The van der Waals surface area contributed by atoms with Gasteiger partial charge in [0.15, 0.2) is 5.65 Å². The van der Waals surface area contributed by atoms with Crippen molar-refractivity contribution in [1.82, 2.24) is 19.7 Å². The maximum atomic E-state index is 5.97. The zero-order chi connectivity index (χ0) is 12.5. The standard InChI is InChI=1S/C11H16N6O/c1-2-17-10-8(7-13-17)9(12)14-11(15-10)16-3-5-18-6-4-16/h7H,2-6H2,1H3,(H2,12,14,15). The van der Waals surface area contributed by atoms with Gasteiger partial charge in [-0.2, -0.15) is 15.1 Å². The lowest BCUT2D eigenvalue weighted by molar-refractivity contribution is 0.122. The van der Waals surface area contributed by atoms with Crippen molar-refractivity contribution in [3.63, 3.8) is 0 Å². The lowest BCUT2D eigenvalue weighted by Gasteiger charge is -2.26. The van der Waals surface area contributed by atoms with E-state index in [0.717, 1.165) is 30.7 Å². The highest BCUT2D eigenvalue weighted by molar-refractivity contribution is 5.86. The molecule has 3 rings (SSSR count). The maximum Gasteiger partial charge on any atom is 0.229 e. The average Bonchev–Trinajstić information content (AvgIpc) is 2.83. The molecule has 7 heteroatoms. The van der Waals surface area contributed by atoms with Crippen molar-refractivity contribution in [2.75, 3.05) is 36.9 Å². The van der Waals surface area contributed by atoms with Gasteiger partial charge in [0.25, 0.3) is 0 Å². The molecule has 0 spiro atoms. The van der Waals surface area contributed by atoms with E-state index in [1.165, 1.54) is 0 Å². The molecule has 3 heterocycles. The number of hydrogen-bond donors (Lipinski definition) is 1. The minimum Gasteiger partial charge on any atom is -0.383 e. The number of hydrogen-bond acceptors (Lipinski definition) is 6. The van der Waals surface area contributed by atoms with E-state index in [1.54, 1.807) is 6.20 Å². The molecule has 0 amide bonds. The largest absolute Gasteiger partial charge is 0.383 e. The van der Waals surface area contributed by atoms with E-state index < -0.39 is 0 Å². The third-order valence-corrected chi connectivity index (χ3v) is 3.11. The normalized spacial score (nSPS) is 16.4. The van der Waals surface area contributed by atoms with Gasteiger partial charge in [0.1, 0.15) is 5.82 Å². The summed E-state index contributed by atoms with van der Waals surface area (Å²) < 4.78 is 7.15. The summed E-state index contributed by atoms with van der Waals surface area (Å²) in [4.78, 5) is 11.0. The van der Waals surface area contributed by atoms with Gasteiger partial charge in [-0.15, -0.1) is 0 Å². The molecule has 7 nitrogen and oxygen atoms in total. The summed E-state index contributed by atoms with van der Waals surface area (Å²) in [5.74, 6) is 1.15. The minimum absolute atomic E-state index is 0.487. The Hall–Kier alpha value is -1.89. The highest BCUT2D eigenvalue weighted by Gasteiger charge is 2.17. The van der Waals surface area contributed by atoms with Crippen LogP contribution in [0.25, 0.3) is 11.0 Å². The Morgan fingerprint density at radius 1 is 1.33 bits per heavy atom. The maximum absolute atomic E-state index is 5.97. The number of aryl methyl sites for hydroxylation is 1. The molecule has 0 saturated carbocycles. The lowest BCUT2D eigenvalue weighted by atomic mass is 10.4. The Labute approximate surface area is 105 Å². The summed E-state index contributed by atoms with van der Waals surface area (Å²) in [7, 11) is 0. The second-order valence-electron chi connectivity index (χ2n) is 4.21. The number of nitrogen functional groups attached to an aromatic ring is 1. The Kier molecular flexibility index (Phi) is 2.75. The van der Waals surface area contributed by atoms with Crippen LogP contribution in [0.3, 0.4) is 0 Å². The molecule has 1 aliphatic rings. The summed E-state index contributed by atoms with van der Waals surface area (Å²) >= 11 is 0. The van der Waals surface area contributed by atoms with Crippen LogP contribution >= 0.6 is 0 Å². The highest BCUT2D eigenvalue weighted by Crippen LogP contribution is 2.21. The van der Waals surface area contributed by atoms with Crippen LogP contribution in [0.2, 0.25) is 0 Å². The van der Waals surface area contributed by atoms with Gasteiger partial charge in [-0.25, -0.2) is 4.68 Å². The smallest absolute Gasteiger partial charge is 0.229 e. The van der Waals surface area contributed by atoms with Crippen molar-refractivity contribution in [1.29, 1.82) is 0 Å². The molecule has 0 aromatic carbocycles. The molecule has 1 saturated heterocycles. The zero-order valence-electron chi connectivity index (χ0n) is 10.3. The first kappa shape index (κ1) is 11.2.